The molecule has 3 rings (SSSR count). The average Bonchev–Trinajstić information content (AvgIpc) is 2.70. The third-order valence-electron chi connectivity index (χ3n) is 4.40. The van der Waals surface area contributed by atoms with Gasteiger partial charge in [-0.25, -0.2) is 0 Å². The van der Waals surface area contributed by atoms with Crippen molar-refractivity contribution in [3.05, 3.63) is 61.2 Å². The highest BCUT2D eigenvalue weighted by atomic mass is 16.8. The van der Waals surface area contributed by atoms with Crippen LogP contribution in [0.2, 0.25) is 0 Å². The van der Waals surface area contributed by atoms with E-state index in [9.17, 15) is 0 Å². The fraction of sp³-hybridized carbons (Fsp3) is 0.500. The Labute approximate surface area is 154 Å². The van der Waals surface area contributed by atoms with E-state index >= 15 is 0 Å². The van der Waals surface area contributed by atoms with Crippen molar-refractivity contribution in [2.24, 2.45) is 0 Å². The van der Waals surface area contributed by atoms with Crippen LogP contribution in [0.15, 0.2) is 55.6 Å². The zero-order chi connectivity index (χ0) is 18.4. The first-order valence-corrected chi connectivity index (χ1v) is 8.73. The molecule has 0 spiro atoms. The number of hydrogen-bond acceptors (Lipinski definition) is 6. The van der Waals surface area contributed by atoms with Crippen LogP contribution < -0.4 is 0 Å². The van der Waals surface area contributed by atoms with Crippen molar-refractivity contribution >= 4 is 0 Å². The molecule has 0 aromatic heterocycles. The van der Waals surface area contributed by atoms with Crippen LogP contribution in [0.3, 0.4) is 0 Å². The van der Waals surface area contributed by atoms with Gasteiger partial charge in [-0.05, 0) is 0 Å². The van der Waals surface area contributed by atoms with E-state index in [1.165, 1.54) is 0 Å². The molecule has 0 saturated carbocycles. The number of methoxy groups -OCH3 is 1. The Hall–Kier alpha value is -1.54. The standard InChI is InChI=1S/C20H26O6/c1-4-11-22-17-16-15(25-20(21-3)18(17)23-12-5-2)13-24-19(26-16)14-9-7-6-8-10-14/h4-10,15-20H,1-2,11-13H2,3H3/t15?,16-,17+,18?,19?,20+/m1/s1. The molecule has 1 aromatic carbocycles. The van der Waals surface area contributed by atoms with E-state index in [0.29, 0.717) is 19.8 Å². The van der Waals surface area contributed by atoms with Crippen molar-refractivity contribution < 1.29 is 28.4 Å². The van der Waals surface area contributed by atoms with Crippen molar-refractivity contribution in [1.82, 2.24) is 0 Å². The highest BCUT2D eigenvalue weighted by Gasteiger charge is 2.51. The van der Waals surface area contributed by atoms with Gasteiger partial charge in [0.1, 0.15) is 24.4 Å². The minimum absolute atomic E-state index is 0.307. The minimum Gasteiger partial charge on any atom is -0.368 e. The number of fused-ring (bicyclic) bond motifs is 1. The Morgan fingerprint density at radius 1 is 1.04 bits per heavy atom. The van der Waals surface area contributed by atoms with Crippen LogP contribution in [0.5, 0.6) is 0 Å². The molecule has 0 aliphatic carbocycles. The molecule has 6 heteroatoms. The van der Waals surface area contributed by atoms with E-state index in [4.69, 9.17) is 28.4 Å². The summed E-state index contributed by atoms with van der Waals surface area (Å²) in [6, 6.07) is 9.80. The minimum atomic E-state index is -0.577. The summed E-state index contributed by atoms with van der Waals surface area (Å²) in [5, 5.41) is 0. The Morgan fingerprint density at radius 3 is 2.38 bits per heavy atom. The number of benzene rings is 1. The molecule has 0 bridgehead atoms. The van der Waals surface area contributed by atoms with Gasteiger partial charge in [0.15, 0.2) is 12.6 Å². The molecule has 142 valence electrons. The van der Waals surface area contributed by atoms with E-state index in [-0.39, 0.29) is 18.3 Å². The summed E-state index contributed by atoms with van der Waals surface area (Å²) in [5.41, 5.74) is 0.950. The van der Waals surface area contributed by atoms with Crippen LogP contribution in [0.1, 0.15) is 11.9 Å². The molecule has 0 N–H and O–H groups in total. The molecule has 2 saturated heterocycles. The van der Waals surface area contributed by atoms with E-state index in [2.05, 4.69) is 13.2 Å². The summed E-state index contributed by atoms with van der Waals surface area (Å²) in [4.78, 5) is 0. The lowest BCUT2D eigenvalue weighted by molar-refractivity contribution is -0.365. The molecule has 2 aliphatic rings. The van der Waals surface area contributed by atoms with Crippen LogP contribution in [0, 0.1) is 0 Å². The number of hydrogen-bond donors (Lipinski definition) is 0. The maximum atomic E-state index is 6.22. The molecule has 0 amide bonds. The first-order chi connectivity index (χ1) is 12.8. The quantitative estimate of drug-likeness (QED) is 0.663. The summed E-state index contributed by atoms with van der Waals surface area (Å²) < 4.78 is 35.5. The molecule has 3 unspecified atom stereocenters. The fourth-order valence-corrected chi connectivity index (χ4v) is 3.24. The number of rotatable bonds is 8. The van der Waals surface area contributed by atoms with Gasteiger partial charge >= 0.3 is 0 Å². The smallest absolute Gasteiger partial charge is 0.186 e. The van der Waals surface area contributed by atoms with Crippen molar-refractivity contribution in [2.45, 2.75) is 37.0 Å². The second-order valence-corrected chi connectivity index (χ2v) is 6.13. The molecule has 6 atom stereocenters. The van der Waals surface area contributed by atoms with E-state index in [1.54, 1.807) is 19.3 Å². The summed E-state index contributed by atoms with van der Waals surface area (Å²) in [5.74, 6) is 0. The van der Waals surface area contributed by atoms with Gasteiger partial charge in [-0.3, -0.25) is 0 Å². The van der Waals surface area contributed by atoms with Crippen LogP contribution in [-0.4, -0.2) is 57.6 Å². The molecule has 0 radical (unpaired) electrons. The highest BCUT2D eigenvalue weighted by Crippen LogP contribution is 2.36. The van der Waals surface area contributed by atoms with Crippen LogP contribution in [0.4, 0.5) is 0 Å². The summed E-state index contributed by atoms with van der Waals surface area (Å²) in [7, 11) is 1.58. The first-order valence-electron chi connectivity index (χ1n) is 8.73. The van der Waals surface area contributed by atoms with Crippen molar-refractivity contribution in [3.63, 3.8) is 0 Å². The monoisotopic (exact) mass is 362 g/mol. The maximum absolute atomic E-state index is 6.22. The average molecular weight is 362 g/mol. The first kappa shape index (κ1) is 19.2. The molecular formula is C20H26O6. The summed E-state index contributed by atoms with van der Waals surface area (Å²) in [6.07, 6.45) is 0.835. The normalized spacial score (nSPS) is 34.0. The summed E-state index contributed by atoms with van der Waals surface area (Å²) >= 11 is 0. The highest BCUT2D eigenvalue weighted by molar-refractivity contribution is 5.16. The topological polar surface area (TPSA) is 55.4 Å². The number of ether oxygens (including phenoxy) is 6. The SMILES string of the molecule is C=CCOC1[C@@H](OC)OC2COC(c3ccccc3)O[C@H]2[C@@H]1OCC=C. The Morgan fingerprint density at radius 2 is 1.73 bits per heavy atom. The largest absolute Gasteiger partial charge is 0.368 e. The third kappa shape index (κ3) is 4.23. The van der Waals surface area contributed by atoms with Crippen molar-refractivity contribution in [1.29, 1.82) is 0 Å². The molecule has 26 heavy (non-hydrogen) atoms. The van der Waals surface area contributed by atoms with Gasteiger partial charge < -0.3 is 28.4 Å². The van der Waals surface area contributed by atoms with Gasteiger partial charge in [0, 0.05) is 12.7 Å². The second-order valence-electron chi connectivity index (χ2n) is 6.13. The predicted octanol–water partition coefficient (Wildman–Crippen LogP) is 2.61. The Kier molecular flexibility index (Phi) is 6.96. The maximum Gasteiger partial charge on any atom is 0.186 e. The Balaban J connectivity index is 1.81. The zero-order valence-corrected chi connectivity index (χ0v) is 15.0. The molecule has 6 nitrogen and oxygen atoms in total. The predicted molar refractivity (Wildman–Crippen MR) is 95.6 cm³/mol. The van der Waals surface area contributed by atoms with Gasteiger partial charge in [0.05, 0.1) is 19.8 Å². The molecule has 1 aromatic rings. The second kappa shape index (κ2) is 9.41. The van der Waals surface area contributed by atoms with E-state index in [0.717, 1.165) is 5.56 Å². The van der Waals surface area contributed by atoms with Crippen molar-refractivity contribution in [3.8, 4) is 0 Å². The van der Waals surface area contributed by atoms with Gasteiger partial charge in [0.25, 0.3) is 0 Å². The van der Waals surface area contributed by atoms with E-state index < -0.39 is 18.7 Å². The third-order valence-corrected chi connectivity index (χ3v) is 4.40. The molecule has 2 heterocycles. The molecule has 2 aliphatic heterocycles. The molecular weight excluding hydrogens is 336 g/mol. The van der Waals surface area contributed by atoms with Crippen LogP contribution in [0.25, 0.3) is 0 Å². The fourth-order valence-electron chi connectivity index (χ4n) is 3.24. The van der Waals surface area contributed by atoms with Crippen LogP contribution in [-0.2, 0) is 28.4 Å². The van der Waals surface area contributed by atoms with Crippen LogP contribution >= 0.6 is 0 Å². The van der Waals surface area contributed by atoms with Gasteiger partial charge in [-0.15, -0.1) is 13.2 Å². The summed E-state index contributed by atoms with van der Waals surface area (Å²) in [6.45, 7) is 8.54. The lowest BCUT2D eigenvalue weighted by atomic mass is 9.97. The lowest BCUT2D eigenvalue weighted by Crippen LogP contribution is -2.63. The van der Waals surface area contributed by atoms with Gasteiger partial charge in [-0.1, -0.05) is 42.5 Å². The molecule has 2 fully saturated rings. The lowest BCUT2D eigenvalue weighted by Gasteiger charge is -2.48. The van der Waals surface area contributed by atoms with Crippen molar-refractivity contribution in [2.75, 3.05) is 26.9 Å². The Bertz CT molecular complexity index is 577. The zero-order valence-electron chi connectivity index (χ0n) is 15.0. The van der Waals surface area contributed by atoms with Gasteiger partial charge in [0.2, 0.25) is 0 Å². The van der Waals surface area contributed by atoms with E-state index in [1.807, 2.05) is 30.3 Å². The van der Waals surface area contributed by atoms with Gasteiger partial charge in [-0.2, -0.15) is 0 Å².